The number of hydrogen-bond acceptors (Lipinski definition) is 3. The average molecular weight is 325 g/mol. The molecule has 1 aromatic rings. The SMILES string of the molecule is COc1cc(Br)cc(N2CCCC(NC3CC3)C2)c1. The second kappa shape index (κ2) is 5.71. The monoisotopic (exact) mass is 324 g/mol. The molecule has 3 rings (SSSR count). The van der Waals surface area contributed by atoms with E-state index in [9.17, 15) is 0 Å². The van der Waals surface area contributed by atoms with Gasteiger partial charge < -0.3 is 15.0 Å². The number of rotatable bonds is 4. The highest BCUT2D eigenvalue weighted by molar-refractivity contribution is 9.10. The van der Waals surface area contributed by atoms with E-state index in [0.29, 0.717) is 6.04 Å². The lowest BCUT2D eigenvalue weighted by Gasteiger charge is -2.35. The molecule has 0 amide bonds. The second-order valence-electron chi connectivity index (χ2n) is 5.58. The molecule has 1 aliphatic carbocycles. The molecule has 3 nitrogen and oxygen atoms in total. The van der Waals surface area contributed by atoms with Crippen molar-refractivity contribution in [1.82, 2.24) is 5.32 Å². The number of piperidine rings is 1. The highest BCUT2D eigenvalue weighted by Crippen LogP contribution is 2.29. The van der Waals surface area contributed by atoms with Crippen LogP contribution in [0.2, 0.25) is 0 Å². The second-order valence-corrected chi connectivity index (χ2v) is 6.49. The molecule has 2 fully saturated rings. The van der Waals surface area contributed by atoms with Gasteiger partial charge in [-0.05, 0) is 37.8 Å². The fourth-order valence-corrected chi connectivity index (χ4v) is 3.24. The molecule has 0 radical (unpaired) electrons. The normalized spacial score (nSPS) is 23.5. The van der Waals surface area contributed by atoms with Crippen LogP contribution in [0.1, 0.15) is 25.7 Å². The fraction of sp³-hybridized carbons (Fsp3) is 0.600. The van der Waals surface area contributed by atoms with Crippen molar-refractivity contribution in [2.75, 3.05) is 25.1 Å². The molecule has 1 N–H and O–H groups in total. The summed E-state index contributed by atoms with van der Waals surface area (Å²) in [5, 5.41) is 3.75. The van der Waals surface area contributed by atoms with E-state index in [-0.39, 0.29) is 0 Å². The smallest absolute Gasteiger partial charge is 0.122 e. The molecule has 1 saturated carbocycles. The van der Waals surface area contributed by atoms with Gasteiger partial charge in [0.25, 0.3) is 0 Å². The number of halogens is 1. The summed E-state index contributed by atoms with van der Waals surface area (Å²) in [4.78, 5) is 2.47. The maximum Gasteiger partial charge on any atom is 0.122 e. The van der Waals surface area contributed by atoms with Crippen molar-refractivity contribution in [3.05, 3.63) is 22.7 Å². The standard InChI is InChI=1S/C15H21BrN2O/c1-19-15-8-11(16)7-14(9-15)18-6-2-3-13(10-18)17-12-4-5-12/h7-9,12-13,17H,2-6,10H2,1H3. The van der Waals surface area contributed by atoms with E-state index in [1.165, 1.54) is 31.4 Å². The minimum Gasteiger partial charge on any atom is -0.497 e. The molecule has 1 aromatic carbocycles. The summed E-state index contributed by atoms with van der Waals surface area (Å²) in [5.41, 5.74) is 1.26. The van der Waals surface area contributed by atoms with Crippen LogP contribution in [0, 0.1) is 0 Å². The summed E-state index contributed by atoms with van der Waals surface area (Å²) in [6.45, 7) is 2.25. The quantitative estimate of drug-likeness (QED) is 0.920. The Morgan fingerprint density at radius 1 is 1.21 bits per heavy atom. The van der Waals surface area contributed by atoms with Crippen LogP contribution in [0.15, 0.2) is 22.7 Å². The van der Waals surface area contributed by atoms with Gasteiger partial charge in [0.15, 0.2) is 0 Å². The van der Waals surface area contributed by atoms with E-state index in [0.717, 1.165) is 29.4 Å². The van der Waals surface area contributed by atoms with Gasteiger partial charge in [0, 0.05) is 41.4 Å². The van der Waals surface area contributed by atoms with Gasteiger partial charge >= 0.3 is 0 Å². The maximum absolute atomic E-state index is 5.36. The van der Waals surface area contributed by atoms with Crippen LogP contribution in [0.4, 0.5) is 5.69 Å². The summed E-state index contributed by atoms with van der Waals surface area (Å²) in [6.07, 6.45) is 5.29. The predicted octanol–water partition coefficient (Wildman–Crippen LogP) is 3.18. The number of nitrogens with zero attached hydrogens (tertiary/aromatic N) is 1. The number of nitrogens with one attached hydrogen (secondary N) is 1. The molecule has 1 atom stereocenters. The first-order valence-electron chi connectivity index (χ1n) is 7.10. The topological polar surface area (TPSA) is 24.5 Å². The third-order valence-corrected chi connectivity index (χ3v) is 4.38. The van der Waals surface area contributed by atoms with Crippen LogP contribution in [-0.2, 0) is 0 Å². The largest absolute Gasteiger partial charge is 0.497 e. The van der Waals surface area contributed by atoms with Crippen LogP contribution in [0.25, 0.3) is 0 Å². The molecule has 1 unspecified atom stereocenters. The van der Waals surface area contributed by atoms with Crippen molar-refractivity contribution in [2.24, 2.45) is 0 Å². The number of methoxy groups -OCH3 is 1. The Morgan fingerprint density at radius 3 is 2.79 bits per heavy atom. The molecule has 19 heavy (non-hydrogen) atoms. The highest BCUT2D eigenvalue weighted by Gasteiger charge is 2.27. The van der Waals surface area contributed by atoms with Gasteiger partial charge in [-0.15, -0.1) is 0 Å². The number of hydrogen-bond donors (Lipinski definition) is 1. The minimum atomic E-state index is 0.645. The van der Waals surface area contributed by atoms with Crippen molar-refractivity contribution in [3.8, 4) is 5.75 Å². The van der Waals surface area contributed by atoms with E-state index < -0.39 is 0 Å². The van der Waals surface area contributed by atoms with E-state index in [2.05, 4.69) is 38.3 Å². The first-order chi connectivity index (χ1) is 9.24. The maximum atomic E-state index is 5.36. The van der Waals surface area contributed by atoms with Crippen LogP contribution < -0.4 is 15.0 Å². The molecular weight excluding hydrogens is 304 g/mol. The summed E-state index contributed by atoms with van der Waals surface area (Å²) in [6, 6.07) is 7.76. The Morgan fingerprint density at radius 2 is 2.05 bits per heavy atom. The Balaban J connectivity index is 1.71. The Hall–Kier alpha value is -0.740. The van der Waals surface area contributed by atoms with Crippen LogP contribution >= 0.6 is 15.9 Å². The van der Waals surface area contributed by atoms with E-state index >= 15 is 0 Å². The van der Waals surface area contributed by atoms with Crippen molar-refractivity contribution < 1.29 is 4.74 Å². The van der Waals surface area contributed by atoms with Crippen molar-refractivity contribution in [2.45, 2.75) is 37.8 Å². The average Bonchev–Trinajstić information content (AvgIpc) is 3.22. The molecule has 0 bridgehead atoms. The first kappa shape index (κ1) is 13.3. The molecular formula is C15H21BrN2O. The molecule has 0 aromatic heterocycles. The Kier molecular flexibility index (Phi) is 3.99. The number of anilines is 1. The molecule has 4 heteroatoms. The van der Waals surface area contributed by atoms with Gasteiger partial charge in [0.05, 0.1) is 7.11 Å². The molecule has 104 valence electrons. The molecule has 0 spiro atoms. The van der Waals surface area contributed by atoms with E-state index in [4.69, 9.17) is 4.74 Å². The van der Waals surface area contributed by atoms with Crippen molar-refractivity contribution in [1.29, 1.82) is 0 Å². The van der Waals surface area contributed by atoms with Crippen molar-refractivity contribution >= 4 is 21.6 Å². The van der Waals surface area contributed by atoms with Gasteiger partial charge in [0.2, 0.25) is 0 Å². The lowest BCUT2D eigenvalue weighted by atomic mass is 10.0. The molecule has 1 saturated heterocycles. The summed E-state index contributed by atoms with van der Waals surface area (Å²) in [5.74, 6) is 0.918. The van der Waals surface area contributed by atoms with Crippen LogP contribution in [0.5, 0.6) is 5.75 Å². The summed E-state index contributed by atoms with van der Waals surface area (Å²) < 4.78 is 6.44. The van der Waals surface area contributed by atoms with Gasteiger partial charge in [-0.25, -0.2) is 0 Å². The third-order valence-electron chi connectivity index (χ3n) is 3.93. The van der Waals surface area contributed by atoms with Crippen LogP contribution in [0.3, 0.4) is 0 Å². The molecule has 1 aliphatic heterocycles. The number of ether oxygens (including phenoxy) is 1. The summed E-state index contributed by atoms with van der Waals surface area (Å²) in [7, 11) is 1.72. The lowest BCUT2D eigenvalue weighted by Crippen LogP contribution is -2.46. The number of benzene rings is 1. The highest BCUT2D eigenvalue weighted by atomic mass is 79.9. The first-order valence-corrected chi connectivity index (χ1v) is 7.89. The zero-order chi connectivity index (χ0) is 13.2. The lowest BCUT2D eigenvalue weighted by molar-refractivity contribution is 0.410. The zero-order valence-corrected chi connectivity index (χ0v) is 12.9. The van der Waals surface area contributed by atoms with Crippen LogP contribution in [-0.4, -0.2) is 32.3 Å². The van der Waals surface area contributed by atoms with Gasteiger partial charge in [-0.2, -0.15) is 0 Å². The third kappa shape index (κ3) is 3.42. The zero-order valence-electron chi connectivity index (χ0n) is 11.4. The predicted molar refractivity (Wildman–Crippen MR) is 82.1 cm³/mol. The van der Waals surface area contributed by atoms with Gasteiger partial charge in [0.1, 0.15) is 5.75 Å². The van der Waals surface area contributed by atoms with Gasteiger partial charge in [-0.1, -0.05) is 15.9 Å². The minimum absolute atomic E-state index is 0.645. The van der Waals surface area contributed by atoms with E-state index in [1.807, 2.05) is 6.07 Å². The Labute approximate surface area is 123 Å². The molecule has 1 heterocycles. The summed E-state index contributed by atoms with van der Waals surface area (Å²) >= 11 is 3.56. The van der Waals surface area contributed by atoms with E-state index in [1.54, 1.807) is 7.11 Å². The fourth-order valence-electron chi connectivity index (χ4n) is 2.78. The van der Waals surface area contributed by atoms with Crippen molar-refractivity contribution in [3.63, 3.8) is 0 Å². The Bertz CT molecular complexity index is 448. The van der Waals surface area contributed by atoms with Gasteiger partial charge in [-0.3, -0.25) is 0 Å². The molecule has 2 aliphatic rings.